The number of hydrogen-bond acceptors (Lipinski definition) is 3. The van der Waals surface area contributed by atoms with Crippen LogP contribution in [-0.2, 0) is 9.53 Å². The first-order valence-electron chi connectivity index (χ1n) is 7.84. The highest BCUT2D eigenvalue weighted by Gasteiger charge is 2.40. The van der Waals surface area contributed by atoms with E-state index in [9.17, 15) is 4.79 Å². The molecule has 2 heterocycles. The van der Waals surface area contributed by atoms with E-state index in [0.717, 1.165) is 25.4 Å². The molecule has 0 aromatic carbocycles. The predicted octanol–water partition coefficient (Wildman–Crippen LogP) is 1.54. The second-order valence-corrected chi connectivity index (χ2v) is 6.61. The number of carbonyl (C=O) groups is 1. The molecule has 1 N–H and O–H groups in total. The summed E-state index contributed by atoms with van der Waals surface area (Å²) in [6.45, 7) is 5.60. The van der Waals surface area contributed by atoms with Gasteiger partial charge in [0.25, 0.3) is 0 Å². The van der Waals surface area contributed by atoms with E-state index in [2.05, 4.69) is 19.2 Å². The minimum Gasteiger partial charge on any atom is -0.372 e. The molecule has 3 fully saturated rings. The SMILES string of the molecule is C[C@@H]1CN(C(=O)C2CC3CCCCC3N2)C[C@H](C)O1. The van der Waals surface area contributed by atoms with E-state index in [1.54, 1.807) is 0 Å². The Morgan fingerprint density at radius 1 is 1.16 bits per heavy atom. The molecule has 0 spiro atoms. The van der Waals surface area contributed by atoms with Crippen molar-refractivity contribution < 1.29 is 9.53 Å². The molecule has 1 saturated carbocycles. The molecule has 5 atom stereocenters. The van der Waals surface area contributed by atoms with Crippen LogP contribution in [0.3, 0.4) is 0 Å². The van der Waals surface area contributed by atoms with Crippen molar-refractivity contribution in [3.05, 3.63) is 0 Å². The van der Waals surface area contributed by atoms with E-state index >= 15 is 0 Å². The van der Waals surface area contributed by atoms with Crippen molar-refractivity contribution in [1.29, 1.82) is 0 Å². The molecule has 3 unspecified atom stereocenters. The first-order valence-corrected chi connectivity index (χ1v) is 7.84. The van der Waals surface area contributed by atoms with Crippen molar-refractivity contribution in [3.63, 3.8) is 0 Å². The lowest BCUT2D eigenvalue weighted by atomic mass is 9.85. The molecule has 3 rings (SSSR count). The molecule has 3 aliphatic rings. The second-order valence-electron chi connectivity index (χ2n) is 6.61. The fourth-order valence-electron chi connectivity index (χ4n) is 4.09. The summed E-state index contributed by atoms with van der Waals surface area (Å²) in [5.41, 5.74) is 0. The average Bonchev–Trinajstić information content (AvgIpc) is 2.80. The minimum absolute atomic E-state index is 0.0607. The maximum atomic E-state index is 12.6. The number of fused-ring (bicyclic) bond motifs is 1. The van der Waals surface area contributed by atoms with E-state index in [0.29, 0.717) is 11.9 Å². The van der Waals surface area contributed by atoms with Crippen molar-refractivity contribution in [2.75, 3.05) is 13.1 Å². The standard InChI is InChI=1S/C15H26N2O2/c1-10-8-17(9-11(2)19-10)15(18)14-7-12-5-3-4-6-13(12)16-14/h10-14,16H,3-9H2,1-2H3/t10-,11+,12?,13?,14?. The van der Waals surface area contributed by atoms with E-state index < -0.39 is 0 Å². The number of amides is 1. The summed E-state index contributed by atoms with van der Waals surface area (Å²) < 4.78 is 5.71. The third-order valence-electron chi connectivity index (χ3n) is 4.89. The highest BCUT2D eigenvalue weighted by molar-refractivity contribution is 5.82. The Labute approximate surface area is 115 Å². The van der Waals surface area contributed by atoms with Crippen LogP contribution in [0.1, 0.15) is 46.0 Å². The van der Waals surface area contributed by atoms with Gasteiger partial charge >= 0.3 is 0 Å². The Bertz CT molecular complexity index is 323. The molecule has 4 heteroatoms. The first-order chi connectivity index (χ1) is 9.13. The van der Waals surface area contributed by atoms with E-state index in [1.165, 1.54) is 25.7 Å². The van der Waals surface area contributed by atoms with Crippen molar-refractivity contribution in [1.82, 2.24) is 10.2 Å². The zero-order valence-electron chi connectivity index (χ0n) is 12.1. The normalized spacial score (nSPS) is 43.1. The molecule has 0 radical (unpaired) electrons. The van der Waals surface area contributed by atoms with E-state index in [4.69, 9.17) is 4.74 Å². The molecule has 0 aromatic heterocycles. The zero-order chi connectivity index (χ0) is 13.4. The highest BCUT2D eigenvalue weighted by atomic mass is 16.5. The van der Waals surface area contributed by atoms with Gasteiger partial charge < -0.3 is 15.0 Å². The minimum atomic E-state index is 0.0607. The summed E-state index contributed by atoms with van der Waals surface area (Å²) in [5, 5.41) is 3.59. The van der Waals surface area contributed by atoms with Crippen LogP contribution in [-0.4, -0.2) is 48.2 Å². The van der Waals surface area contributed by atoms with Crippen molar-refractivity contribution >= 4 is 5.91 Å². The number of morpholine rings is 1. The number of nitrogens with one attached hydrogen (secondary N) is 1. The molecule has 108 valence electrons. The molecule has 4 nitrogen and oxygen atoms in total. The Kier molecular flexibility index (Phi) is 3.81. The van der Waals surface area contributed by atoms with Crippen LogP contribution in [0.4, 0.5) is 0 Å². The molecule has 1 aliphatic carbocycles. The highest BCUT2D eigenvalue weighted by Crippen LogP contribution is 2.33. The summed E-state index contributed by atoms with van der Waals surface area (Å²) in [6, 6.07) is 0.657. The Morgan fingerprint density at radius 2 is 1.84 bits per heavy atom. The van der Waals surface area contributed by atoms with E-state index in [-0.39, 0.29) is 18.2 Å². The fourth-order valence-corrected chi connectivity index (χ4v) is 4.09. The average molecular weight is 266 g/mol. The molecule has 1 amide bonds. The molecule has 19 heavy (non-hydrogen) atoms. The topological polar surface area (TPSA) is 41.6 Å². The lowest BCUT2D eigenvalue weighted by Gasteiger charge is -2.36. The van der Waals surface area contributed by atoms with Crippen molar-refractivity contribution in [2.45, 2.75) is 70.2 Å². The number of hydrogen-bond donors (Lipinski definition) is 1. The second kappa shape index (κ2) is 5.41. The maximum Gasteiger partial charge on any atom is 0.239 e. The summed E-state index contributed by atoms with van der Waals surface area (Å²) in [5.74, 6) is 1.04. The Hall–Kier alpha value is -0.610. The smallest absolute Gasteiger partial charge is 0.239 e. The van der Waals surface area contributed by atoms with Gasteiger partial charge in [0, 0.05) is 19.1 Å². The molecular weight excluding hydrogens is 240 g/mol. The summed E-state index contributed by atoms with van der Waals surface area (Å²) in [4.78, 5) is 14.7. The number of ether oxygens (including phenoxy) is 1. The molecular formula is C15H26N2O2. The monoisotopic (exact) mass is 266 g/mol. The van der Waals surface area contributed by atoms with Crippen LogP contribution in [0, 0.1) is 5.92 Å². The van der Waals surface area contributed by atoms with Crippen LogP contribution in [0.2, 0.25) is 0 Å². The summed E-state index contributed by atoms with van der Waals surface area (Å²) >= 11 is 0. The Morgan fingerprint density at radius 3 is 2.53 bits per heavy atom. The lowest BCUT2D eigenvalue weighted by Crippen LogP contribution is -2.53. The van der Waals surface area contributed by atoms with Crippen molar-refractivity contribution in [2.24, 2.45) is 5.92 Å². The summed E-state index contributed by atoms with van der Waals surface area (Å²) in [6.07, 6.45) is 6.59. The largest absolute Gasteiger partial charge is 0.372 e. The Balaban J connectivity index is 1.61. The van der Waals surface area contributed by atoms with Gasteiger partial charge in [0.1, 0.15) is 0 Å². The third kappa shape index (κ3) is 2.79. The maximum absolute atomic E-state index is 12.6. The van der Waals surface area contributed by atoms with Gasteiger partial charge in [-0.1, -0.05) is 12.8 Å². The van der Waals surface area contributed by atoms with Crippen LogP contribution in [0.15, 0.2) is 0 Å². The van der Waals surface area contributed by atoms with Crippen LogP contribution in [0.25, 0.3) is 0 Å². The predicted molar refractivity (Wildman–Crippen MR) is 73.9 cm³/mol. The molecule has 2 saturated heterocycles. The van der Waals surface area contributed by atoms with Gasteiger partial charge in [-0.3, -0.25) is 4.79 Å². The van der Waals surface area contributed by atoms with Crippen LogP contribution < -0.4 is 5.32 Å². The first kappa shape index (κ1) is 13.4. The molecule has 0 bridgehead atoms. The van der Waals surface area contributed by atoms with Gasteiger partial charge in [-0.15, -0.1) is 0 Å². The quantitative estimate of drug-likeness (QED) is 0.783. The van der Waals surface area contributed by atoms with Gasteiger partial charge in [0.2, 0.25) is 5.91 Å². The fraction of sp³-hybridized carbons (Fsp3) is 0.933. The molecule has 2 aliphatic heterocycles. The molecule has 0 aromatic rings. The van der Waals surface area contributed by atoms with E-state index in [1.807, 2.05) is 4.90 Å². The zero-order valence-corrected chi connectivity index (χ0v) is 12.1. The number of rotatable bonds is 1. The van der Waals surface area contributed by atoms with Gasteiger partial charge in [-0.2, -0.15) is 0 Å². The van der Waals surface area contributed by atoms with Crippen molar-refractivity contribution in [3.8, 4) is 0 Å². The third-order valence-corrected chi connectivity index (χ3v) is 4.89. The van der Waals surface area contributed by atoms with Gasteiger partial charge in [0.15, 0.2) is 0 Å². The van der Waals surface area contributed by atoms with Gasteiger partial charge in [0.05, 0.1) is 18.2 Å². The van der Waals surface area contributed by atoms with Crippen LogP contribution >= 0.6 is 0 Å². The lowest BCUT2D eigenvalue weighted by molar-refractivity contribution is -0.145. The van der Waals surface area contributed by atoms with Gasteiger partial charge in [-0.25, -0.2) is 0 Å². The summed E-state index contributed by atoms with van der Waals surface area (Å²) in [7, 11) is 0. The number of nitrogens with zero attached hydrogens (tertiary/aromatic N) is 1. The van der Waals surface area contributed by atoms with Crippen LogP contribution in [0.5, 0.6) is 0 Å². The van der Waals surface area contributed by atoms with Gasteiger partial charge in [-0.05, 0) is 39.0 Å². The number of carbonyl (C=O) groups excluding carboxylic acids is 1.